The summed E-state index contributed by atoms with van der Waals surface area (Å²) in [7, 11) is -1.97. The van der Waals surface area contributed by atoms with Crippen LogP contribution in [0.25, 0.3) is 0 Å². The number of hydrogen-bond acceptors (Lipinski definition) is 4. The number of phosphoric acid groups is 1. The molecule has 0 rings (SSSR count). The Labute approximate surface area is 113 Å². The largest absolute Gasteiger partial charge is 0.466 e. The average Bonchev–Trinajstić information content (AvgIpc) is 2.27. The molecule has 0 unspecified atom stereocenters. The Morgan fingerprint density at radius 3 is 0.882 bits per heavy atom. The molecule has 3 N–H and O–H groups in total. The predicted octanol–water partition coefficient (Wildman–Crippen LogP) is -3.02. The fraction of sp³-hybridized carbons (Fsp3) is 1.00. The van der Waals surface area contributed by atoms with E-state index in [2.05, 4.69) is 13.3 Å². The van der Waals surface area contributed by atoms with E-state index in [1.165, 1.54) is 0 Å². The van der Waals surface area contributed by atoms with Crippen molar-refractivity contribution in [1.82, 2.24) is 0 Å². The van der Waals surface area contributed by atoms with E-state index in [1.54, 1.807) is 0 Å². The number of hydrogen-bond donors (Lipinski definition) is 3. The zero-order valence-electron chi connectivity index (χ0n) is 11.5. The summed E-state index contributed by atoms with van der Waals surface area (Å²) in [4.78, 5) is 21.6. The first-order chi connectivity index (χ1) is 7.74. The smallest absolute Gasteiger partial charge is 0.428 e. The Balaban J connectivity index is -0.0000000667. The van der Waals surface area contributed by atoms with Crippen molar-refractivity contribution in [2.24, 2.45) is 0 Å². The summed E-state index contributed by atoms with van der Waals surface area (Å²) in [5.74, 6) is 0. The van der Waals surface area contributed by atoms with Gasteiger partial charge in [-0.25, -0.2) is 4.57 Å². The second-order valence-electron chi connectivity index (χ2n) is 2.25. The van der Waals surface area contributed by atoms with Gasteiger partial charge in [0.15, 0.2) is 0 Å². The van der Waals surface area contributed by atoms with Gasteiger partial charge in [-0.3, -0.25) is 0 Å². The van der Waals surface area contributed by atoms with Crippen molar-refractivity contribution < 1.29 is 32.5 Å². The summed E-state index contributed by atoms with van der Waals surface area (Å²) in [5, 5.41) is 0. The summed E-state index contributed by atoms with van der Waals surface area (Å²) >= 11 is 0. The van der Waals surface area contributed by atoms with E-state index in [4.69, 9.17) is 19.2 Å². The van der Waals surface area contributed by atoms with Gasteiger partial charge in [0.1, 0.15) is 31.5 Å². The van der Waals surface area contributed by atoms with E-state index < -0.39 is 7.82 Å². The van der Waals surface area contributed by atoms with Crippen LogP contribution in [0.5, 0.6) is 0 Å². The maximum Gasteiger partial charge on any atom is 0.466 e. The molecule has 0 aliphatic heterocycles. The Morgan fingerprint density at radius 1 is 0.824 bits per heavy atom. The molecule has 0 aliphatic carbocycles. The van der Waals surface area contributed by atoms with Gasteiger partial charge in [-0.05, 0) is 20.8 Å². The lowest BCUT2D eigenvalue weighted by Crippen LogP contribution is -1.76. The molecule has 0 atom stereocenters. The van der Waals surface area contributed by atoms with Crippen LogP contribution in [0.4, 0.5) is 0 Å². The highest BCUT2D eigenvalue weighted by Crippen LogP contribution is 2.25. The van der Waals surface area contributed by atoms with Crippen LogP contribution in [0.1, 0.15) is 20.8 Å². The second kappa shape index (κ2) is 25.5. The molecule has 17 heavy (non-hydrogen) atoms. The van der Waals surface area contributed by atoms with Crippen LogP contribution in [0, 0.1) is 0 Å². The van der Waals surface area contributed by atoms with E-state index in [-0.39, 0.29) is 0 Å². The molecule has 0 bridgehead atoms. The Hall–Kier alpha value is 0.641. The van der Waals surface area contributed by atoms with Crippen molar-refractivity contribution in [1.29, 1.82) is 0 Å². The zero-order valence-corrected chi connectivity index (χ0v) is 18.4. The molecule has 11 heteroatoms. The zero-order chi connectivity index (χ0) is 14.7. The molecule has 0 amide bonds. The lowest BCUT2D eigenvalue weighted by atomic mass is 10.9. The minimum absolute atomic E-state index is 0.881. The molecular formula is C6H27O7PSi3. The summed E-state index contributed by atoms with van der Waals surface area (Å²) in [5.41, 5.74) is 0. The van der Waals surface area contributed by atoms with Gasteiger partial charge in [-0.1, -0.05) is 0 Å². The first-order valence-electron chi connectivity index (χ1n) is 4.99. The third-order valence-corrected chi connectivity index (χ3v) is 2.60. The minimum atomic E-state index is -4.64. The Morgan fingerprint density at radius 2 is 0.882 bits per heavy atom. The van der Waals surface area contributed by atoms with Gasteiger partial charge in [0, 0.05) is 19.8 Å². The standard InChI is InChI=1S/3C2H8OSi.H3O4P/c3*1-2-3-4;1-5(2,3)4/h3*2H2,1,4H3;(H3,1,2,3,4). The quantitative estimate of drug-likeness (QED) is 0.374. The summed E-state index contributed by atoms with van der Waals surface area (Å²) in [6.45, 7) is 8.62. The topological polar surface area (TPSA) is 105 Å². The first kappa shape index (κ1) is 26.3. The predicted molar refractivity (Wildman–Crippen MR) is 79.0 cm³/mol. The molecule has 0 spiro atoms. The molecule has 0 aromatic carbocycles. The van der Waals surface area contributed by atoms with E-state index in [0.29, 0.717) is 0 Å². The van der Waals surface area contributed by atoms with Crippen molar-refractivity contribution in [3.05, 3.63) is 0 Å². The van der Waals surface area contributed by atoms with Gasteiger partial charge in [-0.15, -0.1) is 0 Å². The second-order valence-corrected chi connectivity index (χ2v) is 5.00. The summed E-state index contributed by atoms with van der Waals surface area (Å²) in [6.07, 6.45) is 0. The minimum Gasteiger partial charge on any atom is -0.428 e. The van der Waals surface area contributed by atoms with Gasteiger partial charge in [-0.2, -0.15) is 0 Å². The van der Waals surface area contributed by atoms with Gasteiger partial charge in [0.05, 0.1) is 0 Å². The van der Waals surface area contributed by atoms with Crippen LogP contribution in [0.15, 0.2) is 0 Å². The molecular weight excluding hydrogens is 299 g/mol. The Kier molecular flexibility index (Phi) is 39.3. The van der Waals surface area contributed by atoms with E-state index in [1.807, 2.05) is 20.8 Å². The van der Waals surface area contributed by atoms with E-state index >= 15 is 0 Å². The van der Waals surface area contributed by atoms with Crippen molar-refractivity contribution >= 4 is 39.3 Å². The lowest BCUT2D eigenvalue weighted by Gasteiger charge is -1.82. The van der Waals surface area contributed by atoms with Crippen molar-refractivity contribution in [3.63, 3.8) is 0 Å². The molecule has 0 aromatic heterocycles. The van der Waals surface area contributed by atoms with Crippen LogP contribution in [0.2, 0.25) is 0 Å². The van der Waals surface area contributed by atoms with Crippen molar-refractivity contribution in [2.45, 2.75) is 20.8 Å². The first-order valence-corrected chi connectivity index (χ1v) is 9.01. The summed E-state index contributed by atoms with van der Waals surface area (Å²) < 4.78 is 22.9. The van der Waals surface area contributed by atoms with Crippen molar-refractivity contribution in [2.75, 3.05) is 19.8 Å². The molecule has 0 radical (unpaired) electrons. The van der Waals surface area contributed by atoms with Crippen molar-refractivity contribution in [3.8, 4) is 0 Å². The molecule has 7 nitrogen and oxygen atoms in total. The third kappa shape index (κ3) is 269. The van der Waals surface area contributed by atoms with E-state index in [0.717, 1.165) is 51.3 Å². The van der Waals surface area contributed by atoms with Gasteiger partial charge in [0.2, 0.25) is 0 Å². The molecule has 0 heterocycles. The van der Waals surface area contributed by atoms with Crippen LogP contribution < -0.4 is 0 Å². The highest BCUT2D eigenvalue weighted by Gasteiger charge is 2.00. The summed E-state index contributed by atoms with van der Waals surface area (Å²) in [6, 6.07) is 0. The monoisotopic (exact) mass is 326 g/mol. The van der Waals surface area contributed by atoms with Crippen LogP contribution >= 0.6 is 7.82 Å². The van der Waals surface area contributed by atoms with Crippen LogP contribution in [0.3, 0.4) is 0 Å². The Bertz CT molecular complexity index is 122. The molecule has 0 aliphatic rings. The highest BCUT2D eigenvalue weighted by atomic mass is 31.2. The van der Waals surface area contributed by atoms with Gasteiger partial charge < -0.3 is 28.0 Å². The fourth-order valence-corrected chi connectivity index (χ4v) is 0. The molecule has 110 valence electrons. The average molecular weight is 327 g/mol. The SMILES string of the molecule is CCO[SiH3].CCO[SiH3].CCO[SiH3].O=P(O)(O)O. The third-order valence-electron chi connectivity index (χ3n) is 0.866. The van der Waals surface area contributed by atoms with Gasteiger partial charge >= 0.3 is 7.82 Å². The molecule has 0 saturated heterocycles. The maximum absolute atomic E-state index is 8.88. The molecule has 0 saturated carbocycles. The van der Waals surface area contributed by atoms with Crippen LogP contribution in [-0.4, -0.2) is 66.0 Å². The van der Waals surface area contributed by atoms with E-state index in [9.17, 15) is 0 Å². The lowest BCUT2D eigenvalue weighted by molar-refractivity contribution is 0.275. The molecule has 0 fully saturated rings. The number of rotatable bonds is 3. The highest BCUT2D eigenvalue weighted by molar-refractivity contribution is 7.45. The normalized spacial score (nSPS) is 9.29. The fourth-order valence-electron chi connectivity index (χ4n) is 0. The van der Waals surface area contributed by atoms with Gasteiger partial charge in [0.25, 0.3) is 0 Å². The maximum atomic E-state index is 8.88. The van der Waals surface area contributed by atoms with Crippen LogP contribution in [-0.2, 0) is 17.8 Å². The molecule has 0 aromatic rings.